The van der Waals surface area contributed by atoms with E-state index in [0.29, 0.717) is 5.82 Å². The number of hydrogen-bond donors (Lipinski definition) is 1. The molecule has 7 nitrogen and oxygen atoms in total. The van der Waals surface area contributed by atoms with Crippen molar-refractivity contribution >= 4 is 16.9 Å². The number of benzene rings is 1. The van der Waals surface area contributed by atoms with Gasteiger partial charge in [-0.05, 0) is 43.7 Å². The molecule has 0 bridgehead atoms. The maximum absolute atomic E-state index is 4.70. The van der Waals surface area contributed by atoms with E-state index in [-0.39, 0.29) is 0 Å². The van der Waals surface area contributed by atoms with E-state index in [9.17, 15) is 0 Å². The first-order chi connectivity index (χ1) is 12.7. The van der Waals surface area contributed by atoms with Crippen LogP contribution in [-0.2, 0) is 13.5 Å². The molecule has 0 radical (unpaired) electrons. The molecule has 7 heteroatoms. The Balaban J connectivity index is 1.32. The summed E-state index contributed by atoms with van der Waals surface area (Å²) in [4.78, 5) is 4.70. The summed E-state index contributed by atoms with van der Waals surface area (Å²) in [6, 6.07) is 14.0. The second-order valence-corrected chi connectivity index (χ2v) is 6.28. The van der Waals surface area contributed by atoms with E-state index in [4.69, 9.17) is 4.98 Å². The molecule has 0 aliphatic heterocycles. The van der Waals surface area contributed by atoms with Gasteiger partial charge < -0.3 is 9.88 Å². The van der Waals surface area contributed by atoms with Crippen LogP contribution in [0.5, 0.6) is 0 Å². The number of nitrogens with one attached hydrogen (secondary N) is 1. The highest BCUT2D eigenvalue weighted by Crippen LogP contribution is 2.15. The molecule has 1 N–H and O–H groups in total. The molecule has 1 aromatic carbocycles. The van der Waals surface area contributed by atoms with Crippen LogP contribution >= 0.6 is 0 Å². The van der Waals surface area contributed by atoms with Gasteiger partial charge in [0.15, 0.2) is 5.82 Å². The van der Waals surface area contributed by atoms with Gasteiger partial charge in [0.05, 0.1) is 16.7 Å². The molecule has 0 aliphatic rings. The number of nitrogens with zero attached hydrogens (tertiary/aromatic N) is 6. The van der Waals surface area contributed by atoms with Crippen LogP contribution in [0.3, 0.4) is 0 Å². The first-order valence-corrected chi connectivity index (χ1v) is 8.71. The molecule has 0 amide bonds. The summed E-state index contributed by atoms with van der Waals surface area (Å²) in [5, 5.41) is 16.1. The van der Waals surface area contributed by atoms with Crippen LogP contribution < -0.4 is 5.32 Å². The fourth-order valence-electron chi connectivity index (χ4n) is 2.97. The average Bonchev–Trinajstić information content (AvgIpc) is 3.23. The van der Waals surface area contributed by atoms with Crippen LogP contribution in [0.25, 0.3) is 16.9 Å². The minimum absolute atomic E-state index is 0.711. The number of aryl methyl sites for hydroxylation is 3. The average molecular weight is 347 g/mol. The van der Waals surface area contributed by atoms with Crippen LogP contribution in [0.1, 0.15) is 17.9 Å². The SMILES string of the molecule is Cc1ccn(-c2ccc(NCCCc3nc4ccccc4n3C)nn2)n1. The second-order valence-electron chi connectivity index (χ2n) is 6.28. The largest absolute Gasteiger partial charge is 0.369 e. The van der Waals surface area contributed by atoms with E-state index in [1.54, 1.807) is 4.68 Å². The summed E-state index contributed by atoms with van der Waals surface area (Å²) in [5.41, 5.74) is 3.18. The van der Waals surface area contributed by atoms with E-state index >= 15 is 0 Å². The maximum atomic E-state index is 4.70. The van der Waals surface area contributed by atoms with Gasteiger partial charge in [0.1, 0.15) is 11.6 Å². The Morgan fingerprint density at radius 2 is 1.92 bits per heavy atom. The summed E-state index contributed by atoms with van der Waals surface area (Å²) in [5.74, 6) is 2.58. The molecule has 4 aromatic rings. The van der Waals surface area contributed by atoms with Crippen molar-refractivity contribution in [1.82, 2.24) is 29.5 Å². The summed E-state index contributed by atoms with van der Waals surface area (Å²) >= 11 is 0. The number of aromatic nitrogens is 6. The summed E-state index contributed by atoms with van der Waals surface area (Å²) in [6.45, 7) is 2.77. The van der Waals surface area contributed by atoms with Crippen LogP contribution in [0.15, 0.2) is 48.7 Å². The summed E-state index contributed by atoms with van der Waals surface area (Å²) in [7, 11) is 2.07. The van der Waals surface area contributed by atoms with Gasteiger partial charge in [-0.1, -0.05) is 12.1 Å². The lowest BCUT2D eigenvalue weighted by molar-refractivity contribution is 0.750. The lowest BCUT2D eigenvalue weighted by Crippen LogP contribution is -2.08. The number of anilines is 1. The second kappa shape index (κ2) is 6.95. The van der Waals surface area contributed by atoms with E-state index in [1.165, 1.54) is 5.52 Å². The predicted molar refractivity (Wildman–Crippen MR) is 101 cm³/mol. The maximum Gasteiger partial charge on any atom is 0.175 e. The number of rotatable bonds is 6. The number of para-hydroxylation sites is 2. The van der Waals surface area contributed by atoms with Crippen molar-refractivity contribution in [2.45, 2.75) is 19.8 Å². The third-order valence-electron chi connectivity index (χ3n) is 4.37. The van der Waals surface area contributed by atoms with Gasteiger partial charge in [0, 0.05) is 26.2 Å². The van der Waals surface area contributed by atoms with Gasteiger partial charge in [-0.25, -0.2) is 9.67 Å². The van der Waals surface area contributed by atoms with Gasteiger partial charge in [-0.2, -0.15) is 5.10 Å². The Labute approximate surface area is 151 Å². The first kappa shape index (κ1) is 16.3. The van der Waals surface area contributed by atoms with Crippen molar-refractivity contribution in [3.8, 4) is 5.82 Å². The summed E-state index contributed by atoms with van der Waals surface area (Å²) in [6.07, 6.45) is 3.76. The van der Waals surface area contributed by atoms with Crippen LogP contribution in [0.4, 0.5) is 5.82 Å². The van der Waals surface area contributed by atoms with Gasteiger partial charge in [-0.15, -0.1) is 10.2 Å². The van der Waals surface area contributed by atoms with E-state index in [1.807, 2.05) is 43.5 Å². The molecule has 4 rings (SSSR count). The predicted octanol–water partition coefficient (Wildman–Crippen LogP) is 2.90. The Bertz CT molecular complexity index is 1010. The first-order valence-electron chi connectivity index (χ1n) is 8.71. The minimum Gasteiger partial charge on any atom is -0.369 e. The highest BCUT2D eigenvalue weighted by atomic mass is 15.3. The monoisotopic (exact) mass is 347 g/mol. The molecule has 26 heavy (non-hydrogen) atoms. The van der Waals surface area contributed by atoms with E-state index in [0.717, 1.165) is 42.2 Å². The molecule has 0 saturated heterocycles. The third kappa shape index (κ3) is 3.28. The molecule has 3 aromatic heterocycles. The molecule has 0 saturated carbocycles. The van der Waals surface area contributed by atoms with Crippen molar-refractivity contribution in [2.24, 2.45) is 7.05 Å². The van der Waals surface area contributed by atoms with Gasteiger partial charge in [0.2, 0.25) is 0 Å². The van der Waals surface area contributed by atoms with Crippen molar-refractivity contribution in [3.05, 3.63) is 60.2 Å². The Morgan fingerprint density at radius 3 is 2.65 bits per heavy atom. The van der Waals surface area contributed by atoms with Crippen LogP contribution in [0.2, 0.25) is 0 Å². The minimum atomic E-state index is 0.711. The quantitative estimate of drug-likeness (QED) is 0.543. The lowest BCUT2D eigenvalue weighted by atomic mass is 10.3. The zero-order valence-corrected chi connectivity index (χ0v) is 14.9. The third-order valence-corrected chi connectivity index (χ3v) is 4.37. The Hall–Kier alpha value is -3.22. The summed E-state index contributed by atoms with van der Waals surface area (Å²) < 4.78 is 3.88. The molecule has 0 spiro atoms. The Morgan fingerprint density at radius 1 is 1.04 bits per heavy atom. The van der Waals surface area contributed by atoms with E-state index in [2.05, 4.69) is 44.4 Å². The van der Waals surface area contributed by atoms with Crippen molar-refractivity contribution in [1.29, 1.82) is 0 Å². The molecule has 0 unspecified atom stereocenters. The van der Waals surface area contributed by atoms with Crippen molar-refractivity contribution in [3.63, 3.8) is 0 Å². The molecule has 132 valence electrons. The lowest BCUT2D eigenvalue weighted by Gasteiger charge is -2.06. The van der Waals surface area contributed by atoms with Crippen molar-refractivity contribution in [2.75, 3.05) is 11.9 Å². The van der Waals surface area contributed by atoms with E-state index < -0.39 is 0 Å². The normalized spacial score (nSPS) is 11.2. The zero-order valence-electron chi connectivity index (χ0n) is 14.9. The van der Waals surface area contributed by atoms with Gasteiger partial charge >= 0.3 is 0 Å². The van der Waals surface area contributed by atoms with Crippen molar-refractivity contribution < 1.29 is 0 Å². The molecule has 3 heterocycles. The van der Waals surface area contributed by atoms with Crippen LogP contribution in [-0.4, -0.2) is 36.1 Å². The van der Waals surface area contributed by atoms with Crippen LogP contribution in [0, 0.1) is 6.92 Å². The number of fused-ring (bicyclic) bond motifs is 1. The topological polar surface area (TPSA) is 73.5 Å². The highest BCUT2D eigenvalue weighted by Gasteiger charge is 2.07. The smallest absolute Gasteiger partial charge is 0.175 e. The number of hydrogen-bond acceptors (Lipinski definition) is 5. The van der Waals surface area contributed by atoms with Gasteiger partial charge in [0.25, 0.3) is 0 Å². The number of imidazole rings is 1. The van der Waals surface area contributed by atoms with Gasteiger partial charge in [-0.3, -0.25) is 0 Å². The molecule has 0 atom stereocenters. The molecular weight excluding hydrogens is 326 g/mol. The highest BCUT2D eigenvalue weighted by molar-refractivity contribution is 5.75. The standard InChI is InChI=1S/C19H21N7/c1-14-11-13-26(24-14)19-10-9-17(22-23-19)20-12-5-8-18-21-15-6-3-4-7-16(15)25(18)2/h3-4,6-7,9-11,13H,5,8,12H2,1-2H3,(H,20,22). The Kier molecular flexibility index (Phi) is 4.35. The molecule has 0 fully saturated rings. The fourth-order valence-corrected chi connectivity index (χ4v) is 2.97. The molecular formula is C19H21N7. The molecule has 0 aliphatic carbocycles. The fraction of sp³-hybridized carbons (Fsp3) is 0.263. The zero-order chi connectivity index (χ0) is 17.9.